The highest BCUT2D eigenvalue weighted by atomic mass is 35.5. The van der Waals surface area contributed by atoms with Gasteiger partial charge in [0.1, 0.15) is 23.0 Å². The van der Waals surface area contributed by atoms with Crippen molar-refractivity contribution in [3.63, 3.8) is 0 Å². The Morgan fingerprint density at radius 2 is 1.85 bits per heavy atom. The molecule has 0 saturated heterocycles. The third kappa shape index (κ3) is 3.35. The number of hydrogen-bond donors (Lipinski definition) is 1. The quantitative estimate of drug-likeness (QED) is 0.691. The lowest BCUT2D eigenvalue weighted by molar-refractivity contribution is 0.395. The van der Waals surface area contributed by atoms with E-state index in [-0.39, 0.29) is 0 Å². The van der Waals surface area contributed by atoms with E-state index in [1.54, 1.807) is 14.2 Å². The summed E-state index contributed by atoms with van der Waals surface area (Å²) in [6.45, 7) is 0.936. The Kier molecular flexibility index (Phi) is 4.94. The minimum atomic E-state index is 0.710. The number of rotatable bonds is 4. The molecular weight excluding hydrogens is 362 g/mol. The first-order chi connectivity index (χ1) is 13.2. The fourth-order valence-corrected chi connectivity index (χ4v) is 3.61. The Hall–Kier alpha value is -2.66. The lowest BCUT2D eigenvalue weighted by atomic mass is 10.0. The summed E-state index contributed by atoms with van der Waals surface area (Å²) in [6.07, 6.45) is 3.23. The van der Waals surface area contributed by atoms with E-state index >= 15 is 0 Å². The van der Waals surface area contributed by atoms with Crippen molar-refractivity contribution < 1.29 is 9.47 Å². The Balaban J connectivity index is 1.90. The van der Waals surface area contributed by atoms with Crippen molar-refractivity contribution in [2.75, 3.05) is 26.1 Å². The highest BCUT2D eigenvalue weighted by Gasteiger charge is 2.23. The Labute approximate surface area is 163 Å². The normalized spacial score (nSPS) is 13.4. The monoisotopic (exact) mass is 383 g/mol. The van der Waals surface area contributed by atoms with Crippen LogP contribution >= 0.6 is 11.6 Å². The number of nitrogens with one attached hydrogen (secondary N) is 1. The summed E-state index contributed by atoms with van der Waals surface area (Å²) in [5.41, 5.74) is 4.09. The number of aromatic nitrogens is 2. The van der Waals surface area contributed by atoms with Crippen molar-refractivity contribution >= 4 is 17.4 Å². The van der Waals surface area contributed by atoms with Gasteiger partial charge in [-0.2, -0.15) is 5.10 Å². The number of hydrogen-bond acceptors (Lipinski definition) is 4. The first-order valence-electron chi connectivity index (χ1n) is 9.05. The molecule has 6 heteroatoms. The fourth-order valence-electron chi connectivity index (χ4n) is 3.48. The number of fused-ring (bicyclic) bond motifs is 1. The largest absolute Gasteiger partial charge is 0.497 e. The van der Waals surface area contributed by atoms with Gasteiger partial charge in [-0.1, -0.05) is 11.6 Å². The molecule has 1 aliphatic heterocycles. The first-order valence-corrected chi connectivity index (χ1v) is 9.43. The predicted octanol–water partition coefficient (Wildman–Crippen LogP) is 4.96. The molecule has 4 rings (SSSR count). The van der Waals surface area contributed by atoms with Gasteiger partial charge in [-0.05, 0) is 55.7 Å². The van der Waals surface area contributed by atoms with Gasteiger partial charge in [0.15, 0.2) is 0 Å². The van der Waals surface area contributed by atoms with Gasteiger partial charge in [-0.15, -0.1) is 0 Å². The molecule has 0 radical (unpaired) electrons. The molecule has 2 aromatic carbocycles. The molecule has 5 nitrogen and oxygen atoms in total. The molecule has 0 saturated carbocycles. The van der Waals surface area contributed by atoms with Crippen molar-refractivity contribution in [1.82, 2.24) is 9.78 Å². The maximum Gasteiger partial charge on any atom is 0.133 e. The zero-order chi connectivity index (χ0) is 18.8. The van der Waals surface area contributed by atoms with Gasteiger partial charge in [0, 0.05) is 28.8 Å². The number of ether oxygens (including phenoxy) is 2. The zero-order valence-corrected chi connectivity index (χ0v) is 16.2. The molecule has 0 fully saturated rings. The van der Waals surface area contributed by atoms with Crippen LogP contribution in [0.1, 0.15) is 18.4 Å². The second-order valence-corrected chi connectivity index (χ2v) is 6.95. The number of anilines is 1. The standard InChI is InChI=1S/C21H22ClN3O2/c1-26-16-10-11-17(19(13-16)27-2)20-18-5-3-4-12-23-21(18)25(24-20)15-8-6-14(22)7-9-15/h6-11,13,23H,3-5,12H2,1-2H3. The molecule has 1 aromatic heterocycles. The molecule has 140 valence electrons. The maximum absolute atomic E-state index is 6.06. The average molecular weight is 384 g/mol. The second kappa shape index (κ2) is 7.53. The lowest BCUT2D eigenvalue weighted by Crippen LogP contribution is -2.07. The SMILES string of the molecule is COc1ccc(-c2nn(-c3ccc(Cl)cc3)c3c2CCCCN3)c(OC)c1. The molecular formula is C21H22ClN3O2. The summed E-state index contributed by atoms with van der Waals surface area (Å²) in [5, 5.41) is 9.23. The molecule has 0 bridgehead atoms. The molecule has 0 atom stereocenters. The van der Waals surface area contributed by atoms with Gasteiger partial charge in [-0.25, -0.2) is 4.68 Å². The molecule has 2 heterocycles. The van der Waals surface area contributed by atoms with Crippen molar-refractivity contribution in [2.45, 2.75) is 19.3 Å². The summed E-state index contributed by atoms with van der Waals surface area (Å²) in [6, 6.07) is 13.6. The van der Waals surface area contributed by atoms with Crippen LogP contribution in [0.3, 0.4) is 0 Å². The Morgan fingerprint density at radius 1 is 1.04 bits per heavy atom. The first kappa shape index (κ1) is 17.7. The fraction of sp³-hybridized carbons (Fsp3) is 0.286. The van der Waals surface area contributed by atoms with E-state index in [1.807, 2.05) is 47.1 Å². The van der Waals surface area contributed by atoms with E-state index in [0.29, 0.717) is 5.02 Å². The minimum Gasteiger partial charge on any atom is -0.497 e. The van der Waals surface area contributed by atoms with E-state index < -0.39 is 0 Å². The van der Waals surface area contributed by atoms with Gasteiger partial charge in [0.2, 0.25) is 0 Å². The third-order valence-electron chi connectivity index (χ3n) is 4.86. The van der Waals surface area contributed by atoms with Crippen LogP contribution in [-0.2, 0) is 6.42 Å². The van der Waals surface area contributed by atoms with Crippen LogP contribution < -0.4 is 14.8 Å². The summed E-state index contributed by atoms with van der Waals surface area (Å²) < 4.78 is 12.9. The predicted molar refractivity (Wildman–Crippen MR) is 109 cm³/mol. The molecule has 3 aromatic rings. The number of benzene rings is 2. The van der Waals surface area contributed by atoms with Gasteiger partial charge in [0.05, 0.1) is 19.9 Å². The van der Waals surface area contributed by atoms with E-state index in [4.69, 9.17) is 26.2 Å². The molecule has 0 amide bonds. The van der Waals surface area contributed by atoms with E-state index in [2.05, 4.69) is 5.32 Å². The maximum atomic E-state index is 6.06. The van der Waals surface area contributed by atoms with Crippen molar-refractivity contribution in [3.05, 3.63) is 53.1 Å². The lowest BCUT2D eigenvalue weighted by Gasteiger charge is -2.10. The molecule has 1 N–H and O–H groups in total. The van der Waals surface area contributed by atoms with Crippen molar-refractivity contribution in [1.29, 1.82) is 0 Å². The summed E-state index contributed by atoms with van der Waals surface area (Å²) in [5.74, 6) is 2.56. The minimum absolute atomic E-state index is 0.710. The second-order valence-electron chi connectivity index (χ2n) is 6.51. The van der Waals surface area contributed by atoms with Crippen LogP contribution in [0.15, 0.2) is 42.5 Å². The molecule has 1 aliphatic rings. The van der Waals surface area contributed by atoms with Crippen LogP contribution in [0.25, 0.3) is 16.9 Å². The summed E-state index contributed by atoms with van der Waals surface area (Å²) in [4.78, 5) is 0. The van der Waals surface area contributed by atoms with Crippen LogP contribution in [0.5, 0.6) is 11.5 Å². The number of halogens is 1. The van der Waals surface area contributed by atoms with Gasteiger partial charge < -0.3 is 14.8 Å². The Morgan fingerprint density at radius 3 is 2.59 bits per heavy atom. The van der Waals surface area contributed by atoms with Crippen LogP contribution in [0.2, 0.25) is 5.02 Å². The van der Waals surface area contributed by atoms with Gasteiger partial charge >= 0.3 is 0 Å². The topological polar surface area (TPSA) is 48.3 Å². The van der Waals surface area contributed by atoms with Crippen LogP contribution in [-0.4, -0.2) is 30.5 Å². The van der Waals surface area contributed by atoms with Crippen molar-refractivity contribution in [3.8, 4) is 28.4 Å². The zero-order valence-electron chi connectivity index (χ0n) is 15.5. The number of nitrogens with zero attached hydrogens (tertiary/aromatic N) is 2. The van der Waals surface area contributed by atoms with Crippen molar-refractivity contribution in [2.24, 2.45) is 0 Å². The highest BCUT2D eigenvalue weighted by molar-refractivity contribution is 6.30. The average Bonchev–Trinajstić information content (AvgIpc) is 2.88. The molecule has 0 spiro atoms. The van der Waals surface area contributed by atoms with E-state index in [0.717, 1.165) is 60.1 Å². The van der Waals surface area contributed by atoms with Crippen LogP contribution in [0.4, 0.5) is 5.82 Å². The summed E-state index contributed by atoms with van der Waals surface area (Å²) in [7, 11) is 3.32. The summed E-state index contributed by atoms with van der Waals surface area (Å²) >= 11 is 6.06. The molecule has 0 unspecified atom stereocenters. The van der Waals surface area contributed by atoms with Gasteiger partial charge in [0.25, 0.3) is 0 Å². The Bertz CT molecular complexity index is 951. The third-order valence-corrected chi connectivity index (χ3v) is 5.12. The molecule has 27 heavy (non-hydrogen) atoms. The van der Waals surface area contributed by atoms with Crippen LogP contribution in [0, 0.1) is 0 Å². The molecule has 0 aliphatic carbocycles. The number of methoxy groups -OCH3 is 2. The van der Waals surface area contributed by atoms with Gasteiger partial charge in [-0.3, -0.25) is 0 Å². The highest BCUT2D eigenvalue weighted by Crippen LogP contribution is 2.39. The van der Waals surface area contributed by atoms with E-state index in [9.17, 15) is 0 Å². The smallest absolute Gasteiger partial charge is 0.133 e. The van der Waals surface area contributed by atoms with E-state index in [1.165, 1.54) is 5.56 Å².